The van der Waals surface area contributed by atoms with E-state index in [0.29, 0.717) is 19.6 Å². The number of hydrogen-bond acceptors (Lipinski definition) is 6. The van der Waals surface area contributed by atoms with Crippen molar-refractivity contribution >= 4 is 17.7 Å². The first kappa shape index (κ1) is 18.6. The van der Waals surface area contributed by atoms with E-state index < -0.39 is 0 Å². The second-order valence-electron chi connectivity index (χ2n) is 6.10. The molecule has 0 saturated heterocycles. The Morgan fingerprint density at radius 3 is 3.08 bits per heavy atom. The van der Waals surface area contributed by atoms with E-state index in [-0.39, 0.29) is 11.8 Å². The van der Waals surface area contributed by atoms with E-state index in [2.05, 4.69) is 27.0 Å². The fourth-order valence-corrected chi connectivity index (χ4v) is 3.84. The quantitative estimate of drug-likeness (QED) is 0.589. The molecule has 0 saturated carbocycles. The van der Waals surface area contributed by atoms with Crippen molar-refractivity contribution in [3.63, 3.8) is 0 Å². The minimum Gasteiger partial charge on any atom is -0.497 e. The van der Waals surface area contributed by atoms with Gasteiger partial charge in [0.15, 0.2) is 5.16 Å². The van der Waals surface area contributed by atoms with E-state index in [0.717, 1.165) is 40.3 Å². The largest absolute Gasteiger partial charge is 0.497 e. The topological polar surface area (TPSA) is 78.3 Å². The summed E-state index contributed by atoms with van der Waals surface area (Å²) in [6.45, 7) is 5.84. The van der Waals surface area contributed by atoms with Crippen LogP contribution in [-0.4, -0.2) is 46.7 Å². The van der Waals surface area contributed by atoms with E-state index in [1.807, 2.05) is 25.1 Å². The summed E-state index contributed by atoms with van der Waals surface area (Å²) in [6, 6.07) is 5.72. The van der Waals surface area contributed by atoms with E-state index in [1.54, 1.807) is 18.9 Å². The molecule has 0 radical (unpaired) electrons. The molecule has 0 unspecified atom stereocenters. The van der Waals surface area contributed by atoms with Crippen molar-refractivity contribution in [1.82, 2.24) is 20.1 Å². The van der Waals surface area contributed by atoms with Crippen LogP contribution >= 0.6 is 11.8 Å². The summed E-state index contributed by atoms with van der Waals surface area (Å²) < 4.78 is 13.0. The molecule has 2 aromatic rings. The SMILES string of the molecule is CCn1c(C)nnc1SCCNC(=O)[C@@H]1COc2cc(OC)ccc2C1. The van der Waals surface area contributed by atoms with Gasteiger partial charge in [-0.1, -0.05) is 17.8 Å². The van der Waals surface area contributed by atoms with Crippen molar-refractivity contribution < 1.29 is 14.3 Å². The van der Waals surface area contributed by atoms with Crippen LogP contribution in [0.15, 0.2) is 23.4 Å². The third-order valence-corrected chi connectivity index (χ3v) is 5.37. The first-order valence-electron chi connectivity index (χ1n) is 8.72. The van der Waals surface area contributed by atoms with Crippen LogP contribution in [0.1, 0.15) is 18.3 Å². The molecule has 1 N–H and O–H groups in total. The number of carbonyl (C=O) groups excluding carboxylic acids is 1. The highest BCUT2D eigenvalue weighted by Gasteiger charge is 2.26. The van der Waals surface area contributed by atoms with Crippen molar-refractivity contribution in [2.45, 2.75) is 32.0 Å². The first-order chi connectivity index (χ1) is 12.6. The molecule has 3 rings (SSSR count). The fraction of sp³-hybridized carbons (Fsp3) is 0.500. The van der Waals surface area contributed by atoms with Gasteiger partial charge in [0.2, 0.25) is 5.91 Å². The van der Waals surface area contributed by atoms with Crippen LogP contribution in [0.2, 0.25) is 0 Å². The van der Waals surface area contributed by atoms with Crippen LogP contribution in [-0.2, 0) is 17.8 Å². The summed E-state index contributed by atoms with van der Waals surface area (Å²) >= 11 is 1.60. The van der Waals surface area contributed by atoms with Crippen molar-refractivity contribution in [2.75, 3.05) is 26.0 Å². The summed E-state index contributed by atoms with van der Waals surface area (Å²) in [6.07, 6.45) is 0.682. The lowest BCUT2D eigenvalue weighted by atomic mass is 9.96. The number of aryl methyl sites for hydroxylation is 1. The molecule has 8 heteroatoms. The molecule has 7 nitrogen and oxygen atoms in total. The first-order valence-corrected chi connectivity index (χ1v) is 9.71. The van der Waals surface area contributed by atoms with Gasteiger partial charge in [-0.2, -0.15) is 0 Å². The molecule has 0 aliphatic carbocycles. The molecular formula is C18H24N4O3S. The fourth-order valence-electron chi connectivity index (χ4n) is 2.94. The van der Waals surface area contributed by atoms with Crippen LogP contribution in [0.3, 0.4) is 0 Å². The van der Waals surface area contributed by atoms with Gasteiger partial charge in [-0.15, -0.1) is 10.2 Å². The second-order valence-corrected chi connectivity index (χ2v) is 7.16. The van der Waals surface area contributed by atoms with Gasteiger partial charge in [0, 0.05) is 24.9 Å². The summed E-state index contributed by atoms with van der Waals surface area (Å²) in [7, 11) is 1.63. The number of rotatable bonds is 7. The Bertz CT molecular complexity index is 778. The van der Waals surface area contributed by atoms with Crippen molar-refractivity contribution in [1.29, 1.82) is 0 Å². The number of nitrogens with zero attached hydrogens (tertiary/aromatic N) is 3. The minimum absolute atomic E-state index is 0.0280. The third kappa shape index (κ3) is 4.12. The van der Waals surface area contributed by atoms with Crippen LogP contribution in [0.5, 0.6) is 11.5 Å². The van der Waals surface area contributed by atoms with Gasteiger partial charge in [-0.3, -0.25) is 4.79 Å². The number of fused-ring (bicyclic) bond motifs is 1. The maximum absolute atomic E-state index is 12.4. The number of amides is 1. The highest BCUT2D eigenvalue weighted by atomic mass is 32.2. The van der Waals surface area contributed by atoms with E-state index in [9.17, 15) is 4.79 Å². The predicted octanol–water partition coefficient (Wildman–Crippen LogP) is 2.07. The van der Waals surface area contributed by atoms with E-state index in [4.69, 9.17) is 9.47 Å². The number of aromatic nitrogens is 3. The Hall–Kier alpha value is -2.22. The molecule has 1 aromatic heterocycles. The number of nitrogens with one attached hydrogen (secondary N) is 1. The normalized spacial score (nSPS) is 15.9. The van der Waals surface area contributed by atoms with Gasteiger partial charge in [0.05, 0.1) is 13.0 Å². The second kappa shape index (κ2) is 8.44. The van der Waals surface area contributed by atoms with E-state index >= 15 is 0 Å². The molecule has 0 spiro atoms. The number of ether oxygens (including phenoxy) is 2. The van der Waals surface area contributed by atoms with Gasteiger partial charge in [0.25, 0.3) is 0 Å². The van der Waals surface area contributed by atoms with Gasteiger partial charge in [-0.25, -0.2) is 0 Å². The molecule has 0 fully saturated rings. The van der Waals surface area contributed by atoms with Crippen LogP contribution in [0, 0.1) is 12.8 Å². The van der Waals surface area contributed by atoms with Crippen molar-refractivity contribution in [2.24, 2.45) is 5.92 Å². The van der Waals surface area contributed by atoms with Gasteiger partial charge in [0.1, 0.15) is 23.9 Å². The Morgan fingerprint density at radius 2 is 2.31 bits per heavy atom. The average molecular weight is 376 g/mol. The highest BCUT2D eigenvalue weighted by Crippen LogP contribution is 2.31. The number of benzene rings is 1. The van der Waals surface area contributed by atoms with Crippen molar-refractivity contribution in [3.8, 4) is 11.5 Å². The lowest BCUT2D eigenvalue weighted by molar-refractivity contribution is -0.126. The molecule has 1 aromatic carbocycles. The molecule has 1 aliphatic rings. The molecule has 0 bridgehead atoms. The zero-order chi connectivity index (χ0) is 18.5. The van der Waals surface area contributed by atoms with Crippen LogP contribution < -0.4 is 14.8 Å². The average Bonchev–Trinajstić information content (AvgIpc) is 3.03. The molecule has 1 atom stereocenters. The summed E-state index contributed by atoms with van der Waals surface area (Å²) in [5.41, 5.74) is 1.04. The monoisotopic (exact) mass is 376 g/mol. The third-order valence-electron chi connectivity index (χ3n) is 4.40. The molecule has 2 heterocycles. The molecule has 1 aliphatic heterocycles. The zero-order valence-corrected chi connectivity index (χ0v) is 16.1. The standard InChI is InChI=1S/C18H24N4O3S/c1-4-22-12(2)20-21-18(22)26-8-7-19-17(23)14-9-13-5-6-15(24-3)10-16(13)25-11-14/h5-6,10,14H,4,7-9,11H2,1-3H3,(H,19,23)/t14-/m0/s1. The van der Waals surface area contributed by atoms with Gasteiger partial charge in [-0.05, 0) is 31.9 Å². The summed E-state index contributed by atoms with van der Waals surface area (Å²) in [5, 5.41) is 12.1. The van der Waals surface area contributed by atoms with Gasteiger partial charge < -0.3 is 19.4 Å². The smallest absolute Gasteiger partial charge is 0.226 e. The highest BCUT2D eigenvalue weighted by molar-refractivity contribution is 7.99. The zero-order valence-electron chi connectivity index (χ0n) is 15.3. The lowest BCUT2D eigenvalue weighted by Crippen LogP contribution is -2.38. The van der Waals surface area contributed by atoms with Crippen LogP contribution in [0.4, 0.5) is 0 Å². The maximum atomic E-state index is 12.4. The van der Waals surface area contributed by atoms with Crippen molar-refractivity contribution in [3.05, 3.63) is 29.6 Å². The number of methoxy groups -OCH3 is 1. The Balaban J connectivity index is 1.46. The molecule has 1 amide bonds. The molecule has 140 valence electrons. The summed E-state index contributed by atoms with van der Waals surface area (Å²) in [4.78, 5) is 12.4. The van der Waals surface area contributed by atoms with E-state index in [1.165, 1.54) is 0 Å². The summed E-state index contributed by atoms with van der Waals surface area (Å²) in [5.74, 6) is 3.10. The number of carbonyl (C=O) groups is 1. The minimum atomic E-state index is -0.164. The maximum Gasteiger partial charge on any atom is 0.226 e. The Kier molecular flexibility index (Phi) is 6.03. The Morgan fingerprint density at radius 1 is 1.46 bits per heavy atom. The predicted molar refractivity (Wildman–Crippen MR) is 99.8 cm³/mol. The number of thioether (sulfide) groups is 1. The lowest BCUT2D eigenvalue weighted by Gasteiger charge is -2.25. The molecule has 26 heavy (non-hydrogen) atoms. The molecular weight excluding hydrogens is 352 g/mol. The van der Waals surface area contributed by atoms with Gasteiger partial charge >= 0.3 is 0 Å². The van der Waals surface area contributed by atoms with Crippen LogP contribution in [0.25, 0.3) is 0 Å². The Labute approximate surface area is 157 Å². The number of hydrogen-bond donors (Lipinski definition) is 1.